The largest absolute Gasteiger partial charge is 0.454 e. The van der Waals surface area contributed by atoms with Crippen molar-refractivity contribution in [3.05, 3.63) is 59.3 Å². The van der Waals surface area contributed by atoms with Gasteiger partial charge in [0.05, 0.1) is 0 Å². The zero-order valence-corrected chi connectivity index (χ0v) is 18.1. The van der Waals surface area contributed by atoms with E-state index in [-0.39, 0.29) is 19.2 Å². The molecule has 0 atom stereocenters. The summed E-state index contributed by atoms with van der Waals surface area (Å²) in [7, 11) is 0. The van der Waals surface area contributed by atoms with Crippen molar-refractivity contribution in [2.24, 2.45) is 0 Å². The third-order valence-electron chi connectivity index (χ3n) is 5.82. The molecule has 0 bridgehead atoms. The van der Waals surface area contributed by atoms with Crippen molar-refractivity contribution in [2.45, 2.75) is 13.1 Å². The molecule has 5 rings (SSSR count). The third-order valence-corrected chi connectivity index (χ3v) is 5.82. The molecule has 33 heavy (non-hydrogen) atoms. The summed E-state index contributed by atoms with van der Waals surface area (Å²) < 4.78 is 21.5. The van der Waals surface area contributed by atoms with Gasteiger partial charge in [-0.1, -0.05) is 12.1 Å². The fraction of sp³-hybridized carbons (Fsp3) is 0.333. The SMILES string of the molecule is N#C/C(=C/N1CCN(Cc2ccc3c(c2)OCO3)CC1)C(=O)NCc1ccc2c(c1)OCO2. The molecule has 3 aliphatic rings. The van der Waals surface area contributed by atoms with Gasteiger partial charge in [0.25, 0.3) is 5.91 Å². The molecular weight excluding hydrogens is 424 g/mol. The normalized spacial score (nSPS) is 17.1. The smallest absolute Gasteiger partial charge is 0.263 e. The van der Waals surface area contributed by atoms with Gasteiger partial charge in [0.1, 0.15) is 11.6 Å². The van der Waals surface area contributed by atoms with E-state index in [2.05, 4.69) is 16.3 Å². The van der Waals surface area contributed by atoms with Crippen LogP contribution < -0.4 is 24.3 Å². The Labute approximate surface area is 191 Å². The first kappa shape index (κ1) is 21.0. The summed E-state index contributed by atoms with van der Waals surface area (Å²) in [5.74, 6) is 2.55. The highest BCUT2D eigenvalue weighted by molar-refractivity contribution is 5.97. The summed E-state index contributed by atoms with van der Waals surface area (Å²) in [4.78, 5) is 16.9. The third kappa shape index (κ3) is 4.81. The molecule has 0 spiro atoms. The molecule has 1 saturated heterocycles. The van der Waals surface area contributed by atoms with Crippen LogP contribution >= 0.6 is 0 Å². The van der Waals surface area contributed by atoms with E-state index in [0.29, 0.717) is 18.0 Å². The van der Waals surface area contributed by atoms with E-state index in [4.69, 9.17) is 18.9 Å². The Morgan fingerprint density at radius 3 is 2.18 bits per heavy atom. The van der Waals surface area contributed by atoms with E-state index < -0.39 is 5.91 Å². The molecule has 9 heteroatoms. The molecule has 3 aliphatic heterocycles. The summed E-state index contributed by atoms with van der Waals surface area (Å²) in [6.07, 6.45) is 1.66. The van der Waals surface area contributed by atoms with Crippen molar-refractivity contribution in [3.63, 3.8) is 0 Å². The van der Waals surface area contributed by atoms with E-state index in [1.54, 1.807) is 6.20 Å². The first-order valence-electron chi connectivity index (χ1n) is 10.8. The van der Waals surface area contributed by atoms with Gasteiger partial charge in [-0.3, -0.25) is 9.69 Å². The zero-order valence-electron chi connectivity index (χ0n) is 18.1. The Balaban J connectivity index is 1.12. The van der Waals surface area contributed by atoms with Crippen molar-refractivity contribution in [2.75, 3.05) is 39.8 Å². The predicted octanol–water partition coefficient (Wildman–Crippen LogP) is 1.99. The molecular formula is C24H24N4O5. The number of hydrogen-bond acceptors (Lipinski definition) is 8. The number of fused-ring (bicyclic) bond motifs is 2. The molecule has 0 radical (unpaired) electrons. The van der Waals surface area contributed by atoms with Gasteiger partial charge < -0.3 is 29.2 Å². The number of nitriles is 1. The van der Waals surface area contributed by atoms with Gasteiger partial charge in [-0.05, 0) is 35.4 Å². The highest BCUT2D eigenvalue weighted by Gasteiger charge is 2.20. The minimum atomic E-state index is -0.391. The Kier molecular flexibility index (Phi) is 5.91. The molecule has 2 aromatic carbocycles. The van der Waals surface area contributed by atoms with Gasteiger partial charge in [0, 0.05) is 45.5 Å². The van der Waals surface area contributed by atoms with Gasteiger partial charge in [-0.25, -0.2) is 0 Å². The van der Waals surface area contributed by atoms with Crippen molar-refractivity contribution in [1.82, 2.24) is 15.1 Å². The van der Waals surface area contributed by atoms with Crippen LogP contribution in [0.5, 0.6) is 23.0 Å². The highest BCUT2D eigenvalue weighted by atomic mass is 16.7. The number of benzene rings is 2. The Morgan fingerprint density at radius 2 is 1.52 bits per heavy atom. The average molecular weight is 448 g/mol. The maximum Gasteiger partial charge on any atom is 0.263 e. The van der Waals surface area contributed by atoms with Gasteiger partial charge in [-0.2, -0.15) is 5.26 Å². The molecule has 1 amide bonds. The number of hydrogen-bond donors (Lipinski definition) is 1. The van der Waals surface area contributed by atoms with E-state index >= 15 is 0 Å². The molecule has 0 saturated carbocycles. The second-order valence-corrected chi connectivity index (χ2v) is 8.02. The molecule has 0 aliphatic carbocycles. The minimum absolute atomic E-state index is 0.0972. The minimum Gasteiger partial charge on any atom is -0.454 e. The monoisotopic (exact) mass is 448 g/mol. The Bertz CT molecular complexity index is 1120. The maximum atomic E-state index is 12.5. The standard InChI is InChI=1S/C24H24N4O5/c25-11-19(24(29)26-12-17-1-3-20-22(9-17)32-15-30-20)14-28-7-5-27(6-8-28)13-18-2-4-21-23(10-18)33-16-31-21/h1-4,9-10,14H,5-8,12-13,15-16H2,(H,26,29)/b19-14-. The molecule has 2 aromatic rings. The van der Waals surface area contributed by atoms with Gasteiger partial charge in [0.2, 0.25) is 13.6 Å². The van der Waals surface area contributed by atoms with Crippen LogP contribution in [-0.2, 0) is 17.9 Å². The second-order valence-electron chi connectivity index (χ2n) is 8.02. The van der Waals surface area contributed by atoms with Crippen LogP contribution in [0.2, 0.25) is 0 Å². The number of carbonyl (C=O) groups is 1. The van der Waals surface area contributed by atoms with E-state index in [1.807, 2.05) is 41.3 Å². The Hall–Kier alpha value is -3.90. The van der Waals surface area contributed by atoms with Gasteiger partial charge in [0.15, 0.2) is 23.0 Å². The molecule has 0 aromatic heterocycles. The van der Waals surface area contributed by atoms with Crippen LogP contribution in [-0.4, -0.2) is 55.5 Å². The summed E-state index contributed by atoms with van der Waals surface area (Å²) in [5.41, 5.74) is 2.14. The average Bonchev–Trinajstić information content (AvgIpc) is 3.50. The van der Waals surface area contributed by atoms with Crippen LogP contribution in [0.25, 0.3) is 0 Å². The fourth-order valence-corrected chi connectivity index (χ4v) is 4.00. The van der Waals surface area contributed by atoms with Crippen LogP contribution in [0.15, 0.2) is 48.2 Å². The number of amides is 1. The molecule has 1 N–H and O–H groups in total. The number of ether oxygens (including phenoxy) is 4. The van der Waals surface area contributed by atoms with Gasteiger partial charge >= 0.3 is 0 Å². The van der Waals surface area contributed by atoms with Crippen LogP contribution in [0.4, 0.5) is 0 Å². The zero-order chi connectivity index (χ0) is 22.6. The first-order chi connectivity index (χ1) is 16.2. The Morgan fingerprint density at radius 1 is 0.909 bits per heavy atom. The van der Waals surface area contributed by atoms with Crippen molar-refractivity contribution in [3.8, 4) is 29.1 Å². The highest BCUT2D eigenvalue weighted by Crippen LogP contribution is 2.33. The van der Waals surface area contributed by atoms with Crippen LogP contribution in [0, 0.1) is 11.3 Å². The number of piperazine rings is 1. The number of nitrogens with zero attached hydrogens (tertiary/aromatic N) is 3. The van der Waals surface area contributed by atoms with Crippen molar-refractivity contribution >= 4 is 5.91 Å². The van der Waals surface area contributed by atoms with E-state index in [0.717, 1.165) is 49.8 Å². The maximum absolute atomic E-state index is 12.5. The summed E-state index contributed by atoms with van der Waals surface area (Å²) in [6.45, 7) is 4.75. The van der Waals surface area contributed by atoms with Crippen LogP contribution in [0.1, 0.15) is 11.1 Å². The van der Waals surface area contributed by atoms with Crippen molar-refractivity contribution in [1.29, 1.82) is 5.26 Å². The first-order valence-corrected chi connectivity index (χ1v) is 10.8. The lowest BCUT2D eigenvalue weighted by atomic mass is 10.1. The molecule has 170 valence electrons. The molecule has 0 unspecified atom stereocenters. The quantitative estimate of drug-likeness (QED) is 0.530. The lowest BCUT2D eigenvalue weighted by Crippen LogP contribution is -2.44. The number of rotatable bonds is 6. The number of nitrogens with one attached hydrogen (secondary N) is 1. The van der Waals surface area contributed by atoms with Crippen molar-refractivity contribution < 1.29 is 23.7 Å². The molecule has 1 fully saturated rings. The van der Waals surface area contributed by atoms with E-state index in [1.165, 1.54) is 5.56 Å². The summed E-state index contributed by atoms with van der Waals surface area (Å²) in [5, 5.41) is 12.3. The summed E-state index contributed by atoms with van der Waals surface area (Å²) in [6, 6.07) is 13.6. The number of carbonyl (C=O) groups excluding carboxylic acids is 1. The van der Waals surface area contributed by atoms with E-state index in [9.17, 15) is 10.1 Å². The summed E-state index contributed by atoms with van der Waals surface area (Å²) >= 11 is 0. The topological polar surface area (TPSA) is 96.3 Å². The second kappa shape index (κ2) is 9.30. The molecule has 3 heterocycles. The lowest BCUT2D eigenvalue weighted by Gasteiger charge is -2.34. The van der Waals surface area contributed by atoms with Gasteiger partial charge in [-0.15, -0.1) is 0 Å². The predicted molar refractivity (Wildman–Crippen MR) is 118 cm³/mol. The molecule has 9 nitrogen and oxygen atoms in total. The van der Waals surface area contributed by atoms with Crippen LogP contribution in [0.3, 0.4) is 0 Å². The lowest BCUT2D eigenvalue weighted by molar-refractivity contribution is -0.117. The fourth-order valence-electron chi connectivity index (χ4n) is 4.00.